The van der Waals surface area contributed by atoms with Gasteiger partial charge in [-0.15, -0.1) is 11.8 Å². The summed E-state index contributed by atoms with van der Waals surface area (Å²) in [6.07, 6.45) is 5.74. The fraction of sp³-hybridized carbons (Fsp3) is 0.447. The molecule has 0 fully saturated rings. The molecule has 4 rings (SSSR count). The normalized spacial score (nSPS) is 16.5. The molecule has 1 unspecified atom stereocenters. The van der Waals surface area contributed by atoms with E-state index >= 15 is 0 Å². The molecule has 0 aliphatic carbocycles. The first-order valence-electron chi connectivity index (χ1n) is 17.3. The highest BCUT2D eigenvalue weighted by Gasteiger charge is 2.42. The Labute approximate surface area is 305 Å². The molecule has 0 saturated heterocycles. The van der Waals surface area contributed by atoms with Gasteiger partial charge in [-0.3, -0.25) is 9.59 Å². The minimum atomic E-state index is -3.82. The number of carbonyl (C=O) groups excluding carboxylic acids is 2. The molecule has 276 valence electrons. The quantitative estimate of drug-likeness (QED) is 0.123. The zero-order valence-electron chi connectivity index (χ0n) is 29.6. The Morgan fingerprint density at radius 1 is 0.961 bits per heavy atom. The molecule has 11 nitrogen and oxygen atoms in total. The topological polar surface area (TPSA) is 162 Å². The summed E-state index contributed by atoms with van der Waals surface area (Å²) in [6.45, 7) is 5.46. The number of aliphatic hydroxyl groups is 1. The van der Waals surface area contributed by atoms with E-state index in [0.717, 1.165) is 44.2 Å². The predicted octanol–water partition coefficient (Wildman–Crippen LogP) is 5.89. The molecule has 0 bridgehead atoms. The van der Waals surface area contributed by atoms with Crippen molar-refractivity contribution in [2.24, 2.45) is 5.41 Å². The van der Waals surface area contributed by atoms with E-state index < -0.39 is 57.8 Å². The van der Waals surface area contributed by atoms with Crippen molar-refractivity contribution in [2.75, 3.05) is 30.1 Å². The fourth-order valence-corrected chi connectivity index (χ4v) is 9.16. The SMILES string of the molecule is CCCCC1(CCCC)CN(c2ccccc2)c2cc(SC)c(OCC(=O)N[C@@H](C(=O)N[C@H](C(=O)O)C(C)O)c3ccccc3)cc2S(=O)(=O)C1. The third-order valence-electron chi connectivity index (χ3n) is 9.16. The van der Waals surface area contributed by atoms with E-state index in [9.17, 15) is 33.0 Å². The maximum Gasteiger partial charge on any atom is 0.328 e. The smallest absolute Gasteiger partial charge is 0.328 e. The minimum absolute atomic E-state index is 0.00741. The first-order chi connectivity index (χ1) is 24.3. The number of carboxylic acid groups (broad SMARTS) is 1. The lowest BCUT2D eigenvalue weighted by Gasteiger charge is -2.37. The third kappa shape index (κ3) is 10.0. The number of carbonyl (C=O) groups is 3. The second-order valence-electron chi connectivity index (χ2n) is 13.1. The van der Waals surface area contributed by atoms with E-state index in [1.165, 1.54) is 24.8 Å². The second kappa shape index (κ2) is 17.9. The summed E-state index contributed by atoms with van der Waals surface area (Å²) < 4.78 is 34.8. The molecule has 4 N–H and O–H groups in total. The van der Waals surface area contributed by atoms with Crippen molar-refractivity contribution in [1.29, 1.82) is 0 Å². The number of hydrogen-bond donors (Lipinski definition) is 4. The van der Waals surface area contributed by atoms with Crippen molar-refractivity contribution in [3.63, 3.8) is 0 Å². The highest BCUT2D eigenvalue weighted by Crippen LogP contribution is 2.47. The van der Waals surface area contributed by atoms with E-state index in [2.05, 4.69) is 29.4 Å². The Kier molecular flexibility index (Phi) is 14.0. The van der Waals surface area contributed by atoms with Crippen molar-refractivity contribution >= 4 is 50.8 Å². The summed E-state index contributed by atoms with van der Waals surface area (Å²) in [6, 6.07) is 18.5. The van der Waals surface area contributed by atoms with Crippen molar-refractivity contribution in [3.05, 3.63) is 78.4 Å². The zero-order chi connectivity index (χ0) is 37.2. The molecule has 1 heterocycles. The number of hydrogen-bond acceptors (Lipinski definition) is 9. The molecule has 3 aromatic carbocycles. The molecule has 0 aromatic heterocycles. The van der Waals surface area contributed by atoms with Crippen LogP contribution in [0.3, 0.4) is 0 Å². The summed E-state index contributed by atoms with van der Waals surface area (Å²) in [5.74, 6) is -2.76. The van der Waals surface area contributed by atoms with Crippen LogP contribution in [0.4, 0.5) is 11.4 Å². The van der Waals surface area contributed by atoms with Crippen molar-refractivity contribution in [3.8, 4) is 5.75 Å². The summed E-state index contributed by atoms with van der Waals surface area (Å²) in [4.78, 5) is 41.1. The highest BCUT2D eigenvalue weighted by atomic mass is 32.2. The number of sulfone groups is 1. The minimum Gasteiger partial charge on any atom is -0.483 e. The van der Waals surface area contributed by atoms with Gasteiger partial charge in [-0.05, 0) is 49.8 Å². The summed E-state index contributed by atoms with van der Waals surface area (Å²) in [5.41, 5.74) is 1.36. The maximum atomic E-state index is 14.4. The van der Waals surface area contributed by atoms with Crippen molar-refractivity contribution in [2.45, 2.75) is 87.3 Å². The van der Waals surface area contributed by atoms with Gasteiger partial charge >= 0.3 is 5.97 Å². The lowest BCUT2D eigenvalue weighted by molar-refractivity contribution is -0.145. The van der Waals surface area contributed by atoms with E-state index in [0.29, 0.717) is 22.7 Å². The number of nitrogens with one attached hydrogen (secondary N) is 2. The highest BCUT2D eigenvalue weighted by molar-refractivity contribution is 7.98. The third-order valence-corrected chi connectivity index (χ3v) is 11.9. The van der Waals surface area contributed by atoms with Gasteiger partial charge < -0.3 is 30.5 Å². The van der Waals surface area contributed by atoms with E-state index in [4.69, 9.17) is 4.74 Å². The first-order valence-corrected chi connectivity index (χ1v) is 20.2. The van der Waals surface area contributed by atoms with E-state index in [1.54, 1.807) is 30.3 Å². The Hall–Kier alpha value is -4.07. The van der Waals surface area contributed by atoms with Crippen LogP contribution in [0.15, 0.2) is 82.6 Å². The molecular formula is C38H49N3O8S2. The molecule has 1 aliphatic heterocycles. The number of anilines is 2. The van der Waals surface area contributed by atoms with Gasteiger partial charge in [-0.1, -0.05) is 88.1 Å². The van der Waals surface area contributed by atoms with Crippen molar-refractivity contribution < 1.29 is 37.8 Å². The van der Waals surface area contributed by atoms with Crippen LogP contribution in [-0.2, 0) is 24.2 Å². The van der Waals surface area contributed by atoms with Crippen LogP contribution in [-0.4, -0.2) is 73.7 Å². The number of amides is 2. The molecule has 3 atom stereocenters. The van der Waals surface area contributed by atoms with Gasteiger partial charge in [0.15, 0.2) is 22.5 Å². The number of rotatable bonds is 17. The number of aliphatic carboxylic acids is 1. The molecule has 2 amide bonds. The Morgan fingerprint density at radius 3 is 2.12 bits per heavy atom. The molecule has 0 radical (unpaired) electrons. The van der Waals surface area contributed by atoms with Gasteiger partial charge in [0.1, 0.15) is 11.8 Å². The van der Waals surface area contributed by atoms with Crippen LogP contribution < -0.4 is 20.3 Å². The Bertz CT molecular complexity index is 1750. The number of para-hydroxylation sites is 1. The Balaban J connectivity index is 1.68. The number of nitrogens with zero attached hydrogens (tertiary/aromatic N) is 1. The summed E-state index contributed by atoms with van der Waals surface area (Å²) >= 11 is 1.36. The number of benzene rings is 3. The van der Waals surface area contributed by atoms with Gasteiger partial charge in [0.25, 0.3) is 5.91 Å². The van der Waals surface area contributed by atoms with Crippen LogP contribution in [0.1, 0.15) is 70.9 Å². The lowest BCUT2D eigenvalue weighted by atomic mass is 9.79. The van der Waals surface area contributed by atoms with Gasteiger partial charge in [-0.25, -0.2) is 13.2 Å². The number of thioether (sulfide) groups is 1. The number of carboxylic acids is 1. The monoisotopic (exact) mass is 739 g/mol. The number of aliphatic hydroxyl groups excluding tert-OH is 1. The molecule has 1 aliphatic rings. The summed E-state index contributed by atoms with van der Waals surface area (Å²) in [5, 5.41) is 24.3. The molecule has 0 saturated carbocycles. The van der Waals surface area contributed by atoms with Crippen LogP contribution in [0.5, 0.6) is 5.75 Å². The van der Waals surface area contributed by atoms with E-state index in [1.807, 2.05) is 42.7 Å². The van der Waals surface area contributed by atoms with Gasteiger partial charge in [-0.2, -0.15) is 0 Å². The van der Waals surface area contributed by atoms with Gasteiger partial charge in [0, 0.05) is 23.7 Å². The molecular weight excluding hydrogens is 691 g/mol. The maximum absolute atomic E-state index is 14.4. The number of fused-ring (bicyclic) bond motifs is 1. The van der Waals surface area contributed by atoms with Crippen molar-refractivity contribution in [1.82, 2.24) is 10.6 Å². The number of unbranched alkanes of at least 4 members (excludes halogenated alkanes) is 2. The molecule has 51 heavy (non-hydrogen) atoms. The number of ether oxygens (including phenoxy) is 1. The van der Waals surface area contributed by atoms with Gasteiger partial charge in [0.2, 0.25) is 5.91 Å². The molecule has 13 heteroatoms. The van der Waals surface area contributed by atoms with Crippen LogP contribution in [0, 0.1) is 5.41 Å². The average molecular weight is 740 g/mol. The standard InChI is InChI=1S/C38H49N3O8S2/c1-5-7-19-38(20-8-6-2)24-41(28-17-13-10-14-18-28)29-21-31(50-4)30(22-32(29)51(47,48)25-38)49-23-33(43)39-35(27-15-11-9-12-16-27)36(44)40-34(26(3)42)37(45)46/h9-18,21-22,26,34-35,42H,5-8,19-20,23-25H2,1-4H3,(H,39,43)(H,40,44)(H,45,46)/t26?,34-,35+/m0/s1. The largest absolute Gasteiger partial charge is 0.483 e. The van der Waals surface area contributed by atoms with E-state index in [-0.39, 0.29) is 16.4 Å². The second-order valence-corrected chi connectivity index (χ2v) is 15.9. The molecule has 3 aromatic rings. The predicted molar refractivity (Wildman–Crippen MR) is 199 cm³/mol. The van der Waals surface area contributed by atoms with Crippen LogP contribution >= 0.6 is 11.8 Å². The summed E-state index contributed by atoms with van der Waals surface area (Å²) in [7, 11) is -3.82. The van der Waals surface area contributed by atoms with Crippen LogP contribution in [0.25, 0.3) is 0 Å². The first kappa shape index (κ1) is 39.7. The zero-order valence-corrected chi connectivity index (χ0v) is 31.3. The molecule has 0 spiro atoms. The Morgan fingerprint density at radius 2 is 1.57 bits per heavy atom. The fourth-order valence-electron chi connectivity index (χ4n) is 6.50. The average Bonchev–Trinajstić information content (AvgIpc) is 3.21. The van der Waals surface area contributed by atoms with Crippen LogP contribution in [0.2, 0.25) is 0 Å². The van der Waals surface area contributed by atoms with Gasteiger partial charge in [0.05, 0.1) is 27.3 Å². The lowest BCUT2D eigenvalue weighted by Crippen LogP contribution is -2.52.